The van der Waals surface area contributed by atoms with Crippen molar-refractivity contribution in [2.24, 2.45) is 0 Å². The molecule has 0 saturated carbocycles. The van der Waals surface area contributed by atoms with E-state index in [0.29, 0.717) is 19.6 Å². The second-order valence-electron chi connectivity index (χ2n) is 5.84. The van der Waals surface area contributed by atoms with E-state index in [4.69, 9.17) is 9.72 Å². The summed E-state index contributed by atoms with van der Waals surface area (Å²) in [5, 5.41) is 14.2. The summed E-state index contributed by atoms with van der Waals surface area (Å²) in [4.78, 5) is 7.15. The molecule has 1 saturated heterocycles. The Morgan fingerprint density at radius 2 is 2.40 bits per heavy atom. The highest BCUT2D eigenvalue weighted by Crippen LogP contribution is 2.37. The molecule has 0 aliphatic carbocycles. The Morgan fingerprint density at radius 1 is 1.52 bits per heavy atom. The lowest BCUT2D eigenvalue weighted by molar-refractivity contribution is 0.0985. The van der Waals surface area contributed by atoms with Gasteiger partial charge in [0, 0.05) is 18.3 Å². The molecular weight excluding hydrogens is 472 g/mol. The van der Waals surface area contributed by atoms with Crippen molar-refractivity contribution in [1.82, 2.24) is 18.9 Å². The number of hydrogen-bond acceptors (Lipinski definition) is 7. The predicted octanol–water partition coefficient (Wildman–Crippen LogP) is 3.06. The first-order valence-corrected chi connectivity index (χ1v) is 12.7. The Bertz CT molecular complexity index is 901. The predicted molar refractivity (Wildman–Crippen MR) is 110 cm³/mol. The van der Waals surface area contributed by atoms with Gasteiger partial charge in [0.15, 0.2) is 0 Å². The van der Waals surface area contributed by atoms with Gasteiger partial charge < -0.3 is 14.7 Å². The number of aliphatic hydroxyl groups is 1. The number of ether oxygens (including phenoxy) is 1. The van der Waals surface area contributed by atoms with Crippen molar-refractivity contribution in [3.63, 3.8) is 0 Å². The fourth-order valence-corrected chi connectivity index (χ4v) is 5.39. The summed E-state index contributed by atoms with van der Waals surface area (Å²) in [5.74, 6) is 0.872. The highest BCUT2D eigenvalue weighted by Gasteiger charge is 2.24. The minimum atomic E-state index is -0.0281. The van der Waals surface area contributed by atoms with Gasteiger partial charge in [-0.25, -0.2) is 9.44 Å². The molecule has 0 spiro atoms. The molecule has 0 amide bonds. The maximum absolute atomic E-state index is 9.86. The van der Waals surface area contributed by atoms with Crippen LogP contribution in [0, 0.1) is 0 Å². The maximum Gasteiger partial charge on any atom is 0.130 e. The minimum absolute atomic E-state index is 0.0281. The van der Waals surface area contributed by atoms with Crippen molar-refractivity contribution >= 4 is 56.0 Å². The largest absolute Gasteiger partial charge is 0.392 e. The van der Waals surface area contributed by atoms with Gasteiger partial charge in [-0.15, -0.1) is 0 Å². The van der Waals surface area contributed by atoms with E-state index >= 15 is 0 Å². The van der Waals surface area contributed by atoms with Crippen LogP contribution < -0.4 is 4.90 Å². The summed E-state index contributed by atoms with van der Waals surface area (Å²) in [7, 11) is 0. The van der Waals surface area contributed by atoms with E-state index in [1.165, 1.54) is 11.5 Å². The lowest BCUT2D eigenvalue weighted by Crippen LogP contribution is -2.44. The molecule has 132 valence electrons. The third-order valence-corrected chi connectivity index (χ3v) is 7.09. The fourth-order valence-electron chi connectivity index (χ4n) is 3.02. The van der Waals surface area contributed by atoms with E-state index in [2.05, 4.69) is 43.3 Å². The molecule has 0 aromatic carbocycles. The van der Waals surface area contributed by atoms with Crippen LogP contribution in [0.3, 0.4) is 0 Å². The Balaban J connectivity index is 1.88. The number of aromatic nitrogens is 4. The summed E-state index contributed by atoms with van der Waals surface area (Å²) in [6.07, 6.45) is 2.28. The highest BCUT2D eigenvalue weighted by atomic mass is 127. The van der Waals surface area contributed by atoms with E-state index in [1.54, 1.807) is 6.20 Å². The van der Waals surface area contributed by atoms with E-state index in [0.717, 1.165) is 39.5 Å². The number of anilines is 1. The number of nitrogens with zero attached hydrogens (tertiary/aromatic N) is 5. The zero-order valence-electron chi connectivity index (χ0n) is 13.5. The molecule has 25 heavy (non-hydrogen) atoms. The van der Waals surface area contributed by atoms with Gasteiger partial charge in [-0.1, -0.05) is 0 Å². The van der Waals surface area contributed by atoms with Gasteiger partial charge >= 0.3 is 0 Å². The quantitative estimate of drug-likeness (QED) is 0.449. The number of fused-ring (bicyclic) bond motifs is 1. The smallest absolute Gasteiger partial charge is 0.130 e. The Morgan fingerprint density at radius 3 is 3.16 bits per heavy atom. The molecular formula is C15H17IN5O2PS. The minimum Gasteiger partial charge on any atom is -0.392 e. The van der Waals surface area contributed by atoms with Gasteiger partial charge in [0.25, 0.3) is 0 Å². The van der Waals surface area contributed by atoms with Crippen LogP contribution in [-0.4, -0.2) is 49.8 Å². The number of morpholine rings is 1. The Hall–Kier alpha value is -0.870. The van der Waals surface area contributed by atoms with Gasteiger partial charge in [0.05, 0.1) is 42.6 Å². The van der Waals surface area contributed by atoms with Crippen molar-refractivity contribution in [3.05, 3.63) is 23.9 Å². The molecule has 3 aromatic heterocycles. The first-order chi connectivity index (χ1) is 12.2. The van der Waals surface area contributed by atoms with E-state index < -0.39 is 0 Å². The first-order valence-electron chi connectivity index (χ1n) is 7.88. The lowest BCUT2D eigenvalue weighted by Gasteiger charge is -2.34. The SMILES string of the molecule is C[C@@H]1COCCN1c1cc(CO)c2snc(-c3ccnn3PI)c2n1. The number of halogens is 1. The zero-order valence-corrected chi connectivity index (χ0v) is 17.5. The average molecular weight is 489 g/mol. The number of pyridine rings is 1. The molecule has 1 fully saturated rings. The van der Waals surface area contributed by atoms with Crippen LogP contribution in [-0.2, 0) is 11.3 Å². The lowest BCUT2D eigenvalue weighted by atomic mass is 10.1. The van der Waals surface area contributed by atoms with Crippen molar-refractivity contribution in [3.8, 4) is 11.4 Å². The van der Waals surface area contributed by atoms with Crippen LogP contribution in [0.2, 0.25) is 0 Å². The highest BCUT2D eigenvalue weighted by molar-refractivity contribution is 14.2. The monoisotopic (exact) mass is 489 g/mol. The van der Waals surface area contributed by atoms with Crippen molar-refractivity contribution < 1.29 is 9.84 Å². The van der Waals surface area contributed by atoms with Crippen LogP contribution in [0.15, 0.2) is 18.3 Å². The van der Waals surface area contributed by atoms with Gasteiger partial charge in [0.1, 0.15) is 17.0 Å². The number of hydrogen-bond donors (Lipinski definition) is 1. The molecule has 4 rings (SSSR count). The molecule has 1 N–H and O–H groups in total. The molecule has 7 nitrogen and oxygen atoms in total. The van der Waals surface area contributed by atoms with E-state index in [1.807, 2.05) is 16.6 Å². The summed E-state index contributed by atoms with van der Waals surface area (Å²) in [6, 6.07) is 4.19. The van der Waals surface area contributed by atoms with Crippen LogP contribution in [0.5, 0.6) is 0 Å². The van der Waals surface area contributed by atoms with Crippen LogP contribution in [0.25, 0.3) is 21.6 Å². The van der Waals surface area contributed by atoms with Crippen molar-refractivity contribution in [2.75, 3.05) is 24.7 Å². The Labute approximate surface area is 163 Å². The fraction of sp³-hybridized carbons (Fsp3) is 0.400. The number of rotatable bonds is 4. The summed E-state index contributed by atoms with van der Waals surface area (Å²) in [6.45, 7) is 4.27. The van der Waals surface area contributed by atoms with Gasteiger partial charge in [0.2, 0.25) is 0 Å². The molecule has 1 aliphatic heterocycles. The maximum atomic E-state index is 9.86. The molecule has 1 unspecified atom stereocenters. The van der Waals surface area contributed by atoms with Crippen LogP contribution >= 0.6 is 39.9 Å². The third kappa shape index (κ3) is 3.16. The van der Waals surface area contributed by atoms with E-state index in [-0.39, 0.29) is 12.6 Å². The third-order valence-electron chi connectivity index (χ3n) is 4.29. The molecule has 3 aromatic rings. The van der Waals surface area contributed by atoms with Crippen LogP contribution in [0.1, 0.15) is 12.5 Å². The number of aliphatic hydroxyl groups excluding tert-OH is 1. The van der Waals surface area contributed by atoms with Gasteiger partial charge in [-0.3, -0.25) is 0 Å². The van der Waals surface area contributed by atoms with Crippen molar-refractivity contribution in [2.45, 2.75) is 19.6 Å². The average Bonchev–Trinajstić information content (AvgIpc) is 3.27. The first kappa shape index (κ1) is 17.5. The molecule has 10 heteroatoms. The molecule has 2 atom stereocenters. The normalized spacial score (nSPS) is 18.7. The second-order valence-corrected chi connectivity index (χ2v) is 8.65. The van der Waals surface area contributed by atoms with Crippen LogP contribution in [0.4, 0.5) is 5.82 Å². The summed E-state index contributed by atoms with van der Waals surface area (Å²) < 4.78 is 13.0. The molecule has 1 aliphatic rings. The standard InChI is InChI=1S/C15H17IN5O2PS/c1-9-8-23-5-4-20(9)12-6-10(7-22)15-14(18-12)13(19-25-15)11-2-3-17-21(11)24-16/h2-3,6,9,22,24H,4-5,7-8H2,1H3/t9-/m1/s1. The summed E-state index contributed by atoms with van der Waals surface area (Å²) >= 11 is 3.69. The Kier molecular flexibility index (Phi) is 5.19. The summed E-state index contributed by atoms with van der Waals surface area (Å²) in [5.41, 5.74) is 3.49. The van der Waals surface area contributed by atoms with Gasteiger partial charge in [-0.05, 0) is 52.6 Å². The van der Waals surface area contributed by atoms with Gasteiger partial charge in [-0.2, -0.15) is 9.47 Å². The molecule has 4 heterocycles. The van der Waals surface area contributed by atoms with Crippen molar-refractivity contribution in [1.29, 1.82) is 0 Å². The second kappa shape index (κ2) is 7.40. The molecule has 0 bridgehead atoms. The zero-order chi connectivity index (χ0) is 17.4. The molecule has 0 radical (unpaired) electrons. The van der Waals surface area contributed by atoms with E-state index in [9.17, 15) is 5.11 Å². The topological polar surface area (TPSA) is 76.3 Å².